The second-order valence-corrected chi connectivity index (χ2v) is 6.41. The van der Waals surface area contributed by atoms with Crippen LogP contribution in [0.25, 0.3) is 0 Å². The van der Waals surface area contributed by atoms with Gasteiger partial charge in [-0.3, -0.25) is 0 Å². The smallest absolute Gasteiger partial charge is 0.191 e. The fourth-order valence-electron chi connectivity index (χ4n) is 2.85. The lowest BCUT2D eigenvalue weighted by Gasteiger charge is -2.25. The number of aryl methyl sites for hydroxylation is 1. The number of aromatic hydroxyl groups is 1. The zero-order valence-corrected chi connectivity index (χ0v) is 18.4. The van der Waals surface area contributed by atoms with Gasteiger partial charge in [0, 0.05) is 13.1 Å². The van der Waals surface area contributed by atoms with Crippen LogP contribution in [0, 0.1) is 0 Å². The second kappa shape index (κ2) is 11.6. The Labute approximate surface area is 183 Å². The molecule has 2 aromatic carbocycles. The maximum absolute atomic E-state index is 9.33. The molecule has 3 N–H and O–H groups in total. The highest BCUT2D eigenvalue weighted by Gasteiger charge is 2.20. The molecule has 28 heavy (non-hydrogen) atoms. The zero-order chi connectivity index (χ0) is 18.9. The number of fused-ring (bicyclic) bond motifs is 1. The molecular weight excluding hydrogens is 469 g/mol. The Morgan fingerprint density at radius 1 is 1.11 bits per heavy atom. The molecular formula is C21H28IN3O3. The summed E-state index contributed by atoms with van der Waals surface area (Å²) in [6.07, 6.45) is 1.83. The van der Waals surface area contributed by atoms with Crippen LogP contribution in [0.4, 0.5) is 0 Å². The van der Waals surface area contributed by atoms with Crippen LogP contribution in [0.5, 0.6) is 17.2 Å². The number of guanidine groups is 1. The maximum atomic E-state index is 9.33. The number of para-hydroxylation sites is 2. The van der Waals surface area contributed by atoms with E-state index in [1.54, 1.807) is 12.1 Å². The summed E-state index contributed by atoms with van der Waals surface area (Å²) >= 11 is 0. The van der Waals surface area contributed by atoms with Gasteiger partial charge in [-0.25, -0.2) is 4.99 Å². The summed E-state index contributed by atoms with van der Waals surface area (Å²) in [4.78, 5) is 4.62. The number of halogens is 1. The summed E-state index contributed by atoms with van der Waals surface area (Å²) in [6.45, 7) is 4.69. The molecule has 0 amide bonds. The molecule has 7 heteroatoms. The minimum atomic E-state index is -0.0904. The first kappa shape index (κ1) is 22.1. The number of aliphatic imine (C=N–C) groups is 1. The molecule has 2 aromatic rings. The van der Waals surface area contributed by atoms with Gasteiger partial charge in [-0.2, -0.15) is 0 Å². The highest BCUT2D eigenvalue weighted by Crippen LogP contribution is 2.30. The van der Waals surface area contributed by atoms with Gasteiger partial charge in [-0.05, 0) is 49.6 Å². The van der Waals surface area contributed by atoms with Gasteiger partial charge < -0.3 is 25.2 Å². The van der Waals surface area contributed by atoms with Crippen LogP contribution < -0.4 is 20.1 Å². The first-order chi connectivity index (χ1) is 13.2. The van der Waals surface area contributed by atoms with Crippen molar-refractivity contribution in [2.45, 2.75) is 25.9 Å². The van der Waals surface area contributed by atoms with Gasteiger partial charge in [0.15, 0.2) is 23.6 Å². The van der Waals surface area contributed by atoms with Crippen LogP contribution in [0.2, 0.25) is 0 Å². The van der Waals surface area contributed by atoms with Gasteiger partial charge >= 0.3 is 0 Å². The summed E-state index contributed by atoms with van der Waals surface area (Å²) in [5, 5.41) is 15.9. The van der Waals surface area contributed by atoms with Gasteiger partial charge in [-0.1, -0.05) is 24.3 Å². The average molecular weight is 497 g/mol. The summed E-state index contributed by atoms with van der Waals surface area (Å²) < 4.78 is 11.7. The van der Waals surface area contributed by atoms with E-state index >= 15 is 0 Å². The monoisotopic (exact) mass is 497 g/mol. The van der Waals surface area contributed by atoms with Crippen molar-refractivity contribution < 1.29 is 14.6 Å². The second-order valence-electron chi connectivity index (χ2n) is 6.41. The van der Waals surface area contributed by atoms with Crippen molar-refractivity contribution >= 4 is 29.9 Å². The van der Waals surface area contributed by atoms with E-state index in [1.807, 2.05) is 43.3 Å². The lowest BCUT2D eigenvalue weighted by Crippen LogP contribution is -2.40. The Bertz CT molecular complexity index is 753. The molecule has 0 aromatic heterocycles. The number of nitrogens with one attached hydrogen (secondary N) is 2. The number of hydrogen-bond donors (Lipinski definition) is 3. The van der Waals surface area contributed by atoms with E-state index in [1.165, 1.54) is 5.56 Å². The third-order valence-electron chi connectivity index (χ3n) is 4.24. The summed E-state index contributed by atoms with van der Waals surface area (Å²) in [5.41, 5.74) is 1.21. The van der Waals surface area contributed by atoms with Gasteiger partial charge in [-0.15, -0.1) is 24.0 Å². The van der Waals surface area contributed by atoms with Crippen molar-refractivity contribution in [2.75, 3.05) is 26.2 Å². The molecule has 6 nitrogen and oxygen atoms in total. The molecule has 0 radical (unpaired) electrons. The zero-order valence-electron chi connectivity index (χ0n) is 16.1. The molecule has 0 aliphatic carbocycles. The first-order valence-electron chi connectivity index (χ1n) is 9.43. The molecule has 1 unspecified atom stereocenters. The van der Waals surface area contributed by atoms with E-state index in [0.717, 1.165) is 43.4 Å². The predicted molar refractivity (Wildman–Crippen MR) is 122 cm³/mol. The molecule has 1 atom stereocenters. The summed E-state index contributed by atoms with van der Waals surface area (Å²) in [6, 6.07) is 15.0. The number of ether oxygens (including phenoxy) is 2. The maximum Gasteiger partial charge on any atom is 0.191 e. The van der Waals surface area contributed by atoms with Crippen LogP contribution in [0.3, 0.4) is 0 Å². The predicted octanol–water partition coefficient (Wildman–Crippen LogP) is 3.34. The molecule has 0 saturated heterocycles. The first-order valence-corrected chi connectivity index (χ1v) is 9.43. The van der Waals surface area contributed by atoms with E-state index in [9.17, 15) is 5.11 Å². The Balaban J connectivity index is 0.00000280. The van der Waals surface area contributed by atoms with Crippen LogP contribution >= 0.6 is 24.0 Å². The van der Waals surface area contributed by atoms with Crippen molar-refractivity contribution in [3.05, 3.63) is 54.1 Å². The topological polar surface area (TPSA) is 75.1 Å². The summed E-state index contributed by atoms with van der Waals surface area (Å²) in [5.74, 6) is 2.65. The third-order valence-corrected chi connectivity index (χ3v) is 4.24. The van der Waals surface area contributed by atoms with Crippen molar-refractivity contribution in [3.8, 4) is 17.2 Å². The fraction of sp³-hybridized carbons (Fsp3) is 0.381. The Kier molecular flexibility index (Phi) is 9.19. The quantitative estimate of drug-likeness (QED) is 0.237. The highest BCUT2D eigenvalue weighted by molar-refractivity contribution is 14.0. The van der Waals surface area contributed by atoms with Crippen molar-refractivity contribution in [1.29, 1.82) is 0 Å². The molecule has 3 rings (SSSR count). The molecule has 1 aliphatic heterocycles. The van der Waals surface area contributed by atoms with Crippen molar-refractivity contribution in [3.63, 3.8) is 0 Å². The Morgan fingerprint density at radius 3 is 2.61 bits per heavy atom. The molecule has 0 bridgehead atoms. The Hall–Kier alpha value is -2.16. The number of nitrogens with zero attached hydrogens (tertiary/aromatic N) is 1. The molecule has 0 fully saturated rings. The summed E-state index contributed by atoms with van der Waals surface area (Å²) in [7, 11) is 0. The van der Waals surface area contributed by atoms with E-state index < -0.39 is 0 Å². The van der Waals surface area contributed by atoms with Crippen LogP contribution in [-0.4, -0.2) is 43.4 Å². The SMILES string of the molecule is CCNC(=NCC1COc2ccccc2O1)NCCCc1ccc(O)cc1.I. The van der Waals surface area contributed by atoms with Gasteiger partial charge in [0.1, 0.15) is 12.4 Å². The largest absolute Gasteiger partial charge is 0.508 e. The van der Waals surface area contributed by atoms with Crippen LogP contribution in [0.15, 0.2) is 53.5 Å². The minimum Gasteiger partial charge on any atom is -0.508 e. The highest BCUT2D eigenvalue weighted by atomic mass is 127. The number of hydrogen-bond acceptors (Lipinski definition) is 4. The number of phenols is 1. The van der Waals surface area contributed by atoms with Crippen molar-refractivity contribution in [1.82, 2.24) is 10.6 Å². The lowest BCUT2D eigenvalue weighted by molar-refractivity contribution is 0.0971. The van der Waals surface area contributed by atoms with E-state index in [2.05, 4.69) is 15.6 Å². The van der Waals surface area contributed by atoms with E-state index in [4.69, 9.17) is 9.47 Å². The van der Waals surface area contributed by atoms with Crippen LogP contribution in [0.1, 0.15) is 18.9 Å². The third kappa shape index (κ3) is 6.78. The molecule has 152 valence electrons. The molecule has 1 aliphatic rings. The lowest BCUT2D eigenvalue weighted by atomic mass is 10.1. The van der Waals surface area contributed by atoms with Gasteiger partial charge in [0.05, 0.1) is 6.54 Å². The van der Waals surface area contributed by atoms with E-state index in [0.29, 0.717) is 18.9 Å². The average Bonchev–Trinajstić information content (AvgIpc) is 2.70. The molecule has 1 heterocycles. The van der Waals surface area contributed by atoms with Gasteiger partial charge in [0.25, 0.3) is 0 Å². The fourth-order valence-corrected chi connectivity index (χ4v) is 2.85. The number of rotatable bonds is 7. The van der Waals surface area contributed by atoms with Crippen molar-refractivity contribution in [2.24, 2.45) is 4.99 Å². The minimum absolute atomic E-state index is 0. The number of benzene rings is 2. The number of phenolic OH excluding ortho intramolecular Hbond substituents is 1. The van der Waals surface area contributed by atoms with Crippen LogP contribution in [-0.2, 0) is 6.42 Å². The molecule has 0 spiro atoms. The standard InChI is InChI=1S/C21H27N3O3.HI/c1-2-22-21(23-13-5-6-16-9-11-17(25)12-10-16)24-14-18-15-26-19-7-3-4-8-20(19)27-18;/h3-4,7-12,18,25H,2,5-6,13-15H2,1H3,(H2,22,23,24);1H. The Morgan fingerprint density at radius 2 is 1.86 bits per heavy atom. The normalized spacial score (nSPS) is 15.5. The van der Waals surface area contributed by atoms with Gasteiger partial charge in [0.2, 0.25) is 0 Å². The molecule has 0 saturated carbocycles. The van der Waals surface area contributed by atoms with E-state index in [-0.39, 0.29) is 30.1 Å².